The zero-order valence-electron chi connectivity index (χ0n) is 13.8. The molecule has 1 fully saturated rings. The minimum atomic E-state index is -6.00. The second kappa shape index (κ2) is 6.37. The summed E-state index contributed by atoms with van der Waals surface area (Å²) in [5, 5.41) is 8.98. The number of nitrogens with zero attached hydrogens (tertiary/aromatic N) is 2. The summed E-state index contributed by atoms with van der Waals surface area (Å²) in [4.78, 5) is 13.9. The molecule has 1 aromatic rings. The van der Waals surface area contributed by atoms with E-state index in [9.17, 15) is 30.8 Å². The Balaban J connectivity index is 2.13. The number of hydrogen-bond acceptors (Lipinski definition) is 5. The van der Waals surface area contributed by atoms with Crippen LogP contribution in [0.3, 0.4) is 0 Å². The predicted octanol–water partition coefficient (Wildman–Crippen LogP) is 3.13. The molecular weight excluding hydrogens is 392 g/mol. The number of halogens is 4. The van der Waals surface area contributed by atoms with Crippen LogP contribution < -0.4 is 9.08 Å². The van der Waals surface area contributed by atoms with Crippen molar-refractivity contribution in [3.8, 4) is 11.8 Å². The Morgan fingerprint density at radius 2 is 1.85 bits per heavy atom. The van der Waals surface area contributed by atoms with Crippen molar-refractivity contribution in [1.82, 2.24) is 0 Å². The van der Waals surface area contributed by atoms with Crippen molar-refractivity contribution in [3.05, 3.63) is 23.5 Å². The molecule has 11 heteroatoms. The van der Waals surface area contributed by atoms with Crippen molar-refractivity contribution >= 4 is 21.7 Å². The number of amides is 1. The van der Waals surface area contributed by atoms with Gasteiger partial charge in [0, 0.05) is 17.7 Å². The van der Waals surface area contributed by atoms with Gasteiger partial charge in [-0.25, -0.2) is 4.39 Å². The van der Waals surface area contributed by atoms with Gasteiger partial charge in [-0.1, -0.05) is 19.3 Å². The van der Waals surface area contributed by atoms with E-state index in [4.69, 9.17) is 5.26 Å². The van der Waals surface area contributed by atoms with E-state index >= 15 is 0 Å². The van der Waals surface area contributed by atoms with Gasteiger partial charge < -0.3 is 4.18 Å². The fourth-order valence-electron chi connectivity index (χ4n) is 3.80. The highest BCUT2D eigenvalue weighted by Gasteiger charge is 2.53. The molecule has 0 saturated heterocycles. The first-order chi connectivity index (χ1) is 12.5. The topological polar surface area (TPSA) is 87.5 Å². The highest BCUT2D eigenvalue weighted by atomic mass is 32.2. The minimum absolute atomic E-state index is 0.0146. The quantitative estimate of drug-likeness (QED) is 0.333. The average Bonchev–Trinajstić information content (AvgIpc) is 2.77. The molecule has 1 amide bonds. The number of alkyl halides is 3. The first-order valence-corrected chi connectivity index (χ1v) is 9.48. The van der Waals surface area contributed by atoms with Gasteiger partial charge in [-0.3, -0.25) is 9.69 Å². The van der Waals surface area contributed by atoms with Gasteiger partial charge in [-0.05, 0) is 12.8 Å². The van der Waals surface area contributed by atoms with E-state index in [1.54, 1.807) is 6.07 Å². The van der Waals surface area contributed by atoms with Gasteiger partial charge >= 0.3 is 15.6 Å². The maximum Gasteiger partial charge on any atom is 0.534 e. The number of nitriles is 1. The molecule has 0 bridgehead atoms. The lowest BCUT2D eigenvalue weighted by Crippen LogP contribution is -2.42. The lowest BCUT2D eigenvalue weighted by atomic mass is 9.70. The molecule has 3 rings (SSSR count). The molecule has 146 valence electrons. The number of carbonyl (C=O) groups is 1. The third-order valence-corrected chi connectivity index (χ3v) is 5.87. The fraction of sp³-hybridized carbons (Fsp3) is 0.500. The van der Waals surface area contributed by atoms with Crippen LogP contribution in [0.5, 0.6) is 5.75 Å². The van der Waals surface area contributed by atoms with Crippen LogP contribution in [0, 0.1) is 17.1 Å². The molecule has 6 nitrogen and oxygen atoms in total. The summed E-state index contributed by atoms with van der Waals surface area (Å²) >= 11 is 0. The number of carbonyl (C=O) groups excluding carboxylic acids is 1. The van der Waals surface area contributed by atoms with Crippen molar-refractivity contribution in [2.75, 3.05) is 11.4 Å². The SMILES string of the molecule is N#CCN1C(=O)C2(CCCCC2)c2c(F)cc(OS(=O)(=O)C(F)(F)F)cc21. The fourth-order valence-corrected chi connectivity index (χ4v) is 4.24. The molecule has 0 N–H and O–H groups in total. The maximum absolute atomic E-state index is 14.8. The lowest BCUT2D eigenvalue weighted by molar-refractivity contribution is -0.124. The van der Waals surface area contributed by atoms with Crippen LogP contribution in [-0.2, 0) is 20.3 Å². The first kappa shape index (κ1) is 19.4. The third kappa shape index (κ3) is 3.01. The van der Waals surface area contributed by atoms with Crippen molar-refractivity contribution < 1.29 is 35.0 Å². The van der Waals surface area contributed by atoms with Crippen LogP contribution in [0.4, 0.5) is 23.2 Å². The molecule has 1 saturated carbocycles. The molecule has 1 heterocycles. The van der Waals surface area contributed by atoms with Crippen LogP contribution in [0.2, 0.25) is 0 Å². The van der Waals surface area contributed by atoms with Gasteiger partial charge in [0.15, 0.2) is 0 Å². The third-order valence-electron chi connectivity index (χ3n) is 4.89. The highest BCUT2D eigenvalue weighted by Crippen LogP contribution is 2.52. The molecular formula is C16H14F4N2O4S. The summed E-state index contributed by atoms with van der Waals surface area (Å²) in [6, 6.07) is 3.15. The van der Waals surface area contributed by atoms with Gasteiger partial charge in [-0.15, -0.1) is 0 Å². The van der Waals surface area contributed by atoms with Crippen molar-refractivity contribution in [2.45, 2.75) is 43.0 Å². The lowest BCUT2D eigenvalue weighted by Gasteiger charge is -2.32. The maximum atomic E-state index is 14.8. The van der Waals surface area contributed by atoms with E-state index in [0.717, 1.165) is 17.4 Å². The zero-order valence-corrected chi connectivity index (χ0v) is 14.7. The minimum Gasteiger partial charge on any atom is -0.376 e. The Hall–Kier alpha value is -2.35. The van der Waals surface area contributed by atoms with Gasteiger partial charge in [0.25, 0.3) is 0 Å². The predicted molar refractivity (Wildman–Crippen MR) is 84.7 cm³/mol. The molecule has 0 radical (unpaired) electrons. The van der Waals surface area contributed by atoms with Crippen molar-refractivity contribution in [2.24, 2.45) is 0 Å². The van der Waals surface area contributed by atoms with Crippen LogP contribution in [-0.4, -0.2) is 26.4 Å². The number of fused-ring (bicyclic) bond motifs is 2. The van der Waals surface area contributed by atoms with E-state index in [0.29, 0.717) is 31.7 Å². The second-order valence-electron chi connectivity index (χ2n) is 6.47. The summed E-state index contributed by atoms with van der Waals surface area (Å²) in [5.41, 5.74) is -7.01. The van der Waals surface area contributed by atoms with Crippen LogP contribution >= 0.6 is 0 Å². The molecule has 1 aliphatic carbocycles. The van der Waals surface area contributed by atoms with Gasteiger partial charge in [0.2, 0.25) is 5.91 Å². The average molecular weight is 406 g/mol. The summed E-state index contributed by atoms with van der Waals surface area (Å²) in [7, 11) is -6.00. The summed E-state index contributed by atoms with van der Waals surface area (Å²) in [6.07, 6.45) is 2.87. The number of benzene rings is 1. The Kier molecular flexibility index (Phi) is 4.58. The normalized spacial score (nSPS) is 19.1. The van der Waals surface area contributed by atoms with Crippen LogP contribution in [0.15, 0.2) is 12.1 Å². The molecule has 27 heavy (non-hydrogen) atoms. The standard InChI is InChI=1S/C16H14F4N2O4S/c17-11-8-10(26-27(24,25)16(18,19)20)9-12-13(11)15(4-2-1-3-5-15)14(23)22(12)7-6-21/h8-9H,1-5,7H2. The van der Waals surface area contributed by atoms with E-state index in [1.165, 1.54) is 0 Å². The number of anilines is 1. The number of rotatable bonds is 3. The van der Waals surface area contributed by atoms with E-state index in [1.807, 2.05) is 0 Å². The van der Waals surface area contributed by atoms with E-state index in [-0.39, 0.29) is 11.3 Å². The summed E-state index contributed by atoms with van der Waals surface area (Å²) < 4.78 is 78.8. The second-order valence-corrected chi connectivity index (χ2v) is 8.01. The van der Waals surface area contributed by atoms with Crippen molar-refractivity contribution in [1.29, 1.82) is 5.26 Å². The van der Waals surface area contributed by atoms with Crippen LogP contribution in [0.1, 0.15) is 37.7 Å². The summed E-state index contributed by atoms with van der Waals surface area (Å²) in [6.45, 7) is -0.442. The Morgan fingerprint density at radius 3 is 2.41 bits per heavy atom. The van der Waals surface area contributed by atoms with Gasteiger partial charge in [0.1, 0.15) is 18.1 Å². The first-order valence-electron chi connectivity index (χ1n) is 8.07. The van der Waals surface area contributed by atoms with Crippen molar-refractivity contribution in [3.63, 3.8) is 0 Å². The Morgan fingerprint density at radius 1 is 1.22 bits per heavy atom. The smallest absolute Gasteiger partial charge is 0.376 e. The molecule has 1 aromatic carbocycles. The van der Waals surface area contributed by atoms with E-state index in [2.05, 4.69) is 4.18 Å². The molecule has 0 atom stereocenters. The van der Waals surface area contributed by atoms with Gasteiger partial charge in [-0.2, -0.15) is 26.9 Å². The van der Waals surface area contributed by atoms with Crippen LogP contribution in [0.25, 0.3) is 0 Å². The molecule has 1 spiro atoms. The summed E-state index contributed by atoms with van der Waals surface area (Å²) in [5.74, 6) is -2.45. The molecule has 1 aliphatic heterocycles. The zero-order chi connectivity index (χ0) is 20.0. The highest BCUT2D eigenvalue weighted by molar-refractivity contribution is 7.88. The largest absolute Gasteiger partial charge is 0.534 e. The van der Waals surface area contributed by atoms with E-state index < -0.39 is 45.1 Å². The number of hydrogen-bond donors (Lipinski definition) is 0. The van der Waals surface area contributed by atoms with Gasteiger partial charge in [0.05, 0.1) is 17.2 Å². The monoisotopic (exact) mass is 406 g/mol. The Bertz CT molecular complexity index is 931. The molecule has 0 aromatic heterocycles. The molecule has 2 aliphatic rings. The molecule has 0 unspecified atom stereocenters. The Labute approximate surface area is 152 Å².